The monoisotopic (exact) mass is 629 g/mol. The molecule has 232 valence electrons. The highest BCUT2D eigenvalue weighted by molar-refractivity contribution is 7.92. The first-order chi connectivity index (χ1) is 20.4. The minimum absolute atomic E-state index is 0.0974. The number of nitrogens with zero attached hydrogens (tertiary/aromatic N) is 2. The lowest BCUT2D eigenvalue weighted by atomic mass is 10.1. The van der Waals surface area contributed by atoms with Crippen LogP contribution >= 0.6 is 11.6 Å². The first-order valence-electron chi connectivity index (χ1n) is 14.0. The summed E-state index contributed by atoms with van der Waals surface area (Å²) in [6, 6.07) is 17.2. The molecule has 9 nitrogen and oxygen atoms in total. The number of carbonyl (C=O) groups excluding carboxylic acids is 2. The number of ether oxygens (including phenoxy) is 2. The molecule has 1 N–H and O–H groups in total. The number of hydrogen-bond donors (Lipinski definition) is 1. The molecule has 1 atom stereocenters. The number of halogens is 1. The van der Waals surface area contributed by atoms with Gasteiger partial charge in [-0.2, -0.15) is 0 Å². The highest BCUT2D eigenvalue weighted by Gasteiger charge is 2.34. The molecule has 0 fully saturated rings. The Kier molecular flexibility index (Phi) is 11.9. The van der Waals surface area contributed by atoms with E-state index in [0.29, 0.717) is 23.7 Å². The molecule has 3 rings (SSSR count). The summed E-state index contributed by atoms with van der Waals surface area (Å²) < 4.78 is 39.9. The van der Waals surface area contributed by atoms with Crippen molar-refractivity contribution in [3.05, 3.63) is 82.9 Å². The van der Waals surface area contributed by atoms with Crippen LogP contribution in [0.25, 0.3) is 0 Å². The van der Waals surface area contributed by atoms with Gasteiger partial charge in [-0.3, -0.25) is 13.9 Å². The van der Waals surface area contributed by atoms with Crippen molar-refractivity contribution in [2.24, 2.45) is 5.92 Å². The van der Waals surface area contributed by atoms with E-state index in [2.05, 4.69) is 5.32 Å². The maximum atomic E-state index is 14.2. The topological polar surface area (TPSA) is 105 Å². The van der Waals surface area contributed by atoms with E-state index in [4.69, 9.17) is 21.1 Å². The lowest BCUT2D eigenvalue weighted by Gasteiger charge is -2.33. The van der Waals surface area contributed by atoms with Gasteiger partial charge in [0.15, 0.2) is 11.5 Å². The van der Waals surface area contributed by atoms with Crippen molar-refractivity contribution >= 4 is 39.1 Å². The van der Waals surface area contributed by atoms with Crippen LogP contribution in [0, 0.1) is 12.8 Å². The average Bonchev–Trinajstić information content (AvgIpc) is 2.98. The number of rotatable bonds is 14. The Morgan fingerprint density at radius 2 is 1.63 bits per heavy atom. The molecule has 0 aliphatic heterocycles. The summed E-state index contributed by atoms with van der Waals surface area (Å²) in [6.45, 7) is 7.76. The van der Waals surface area contributed by atoms with Crippen LogP contribution < -0.4 is 19.1 Å². The molecule has 0 aliphatic carbocycles. The molecule has 0 saturated carbocycles. The summed E-state index contributed by atoms with van der Waals surface area (Å²) in [5.41, 5.74) is 2.06. The molecule has 3 aromatic carbocycles. The molecule has 0 heterocycles. The van der Waals surface area contributed by atoms with E-state index < -0.39 is 28.5 Å². The Morgan fingerprint density at radius 3 is 2.21 bits per heavy atom. The van der Waals surface area contributed by atoms with E-state index in [9.17, 15) is 18.0 Å². The Bertz CT molecular complexity index is 1510. The molecular formula is C32H40ClN3O6S. The predicted octanol–water partition coefficient (Wildman–Crippen LogP) is 5.44. The van der Waals surface area contributed by atoms with Crippen molar-refractivity contribution in [1.29, 1.82) is 0 Å². The van der Waals surface area contributed by atoms with E-state index in [1.54, 1.807) is 12.1 Å². The number of aryl methyl sites for hydroxylation is 1. The van der Waals surface area contributed by atoms with Crippen molar-refractivity contribution in [2.45, 2.75) is 51.6 Å². The molecule has 1 unspecified atom stereocenters. The van der Waals surface area contributed by atoms with Gasteiger partial charge in [0.05, 0.1) is 24.8 Å². The van der Waals surface area contributed by atoms with Crippen molar-refractivity contribution in [1.82, 2.24) is 10.2 Å². The maximum Gasteiger partial charge on any atom is 0.264 e. The summed E-state index contributed by atoms with van der Waals surface area (Å²) in [7, 11) is -1.44. The lowest BCUT2D eigenvalue weighted by molar-refractivity contribution is -0.140. The summed E-state index contributed by atoms with van der Waals surface area (Å²) >= 11 is 6.11. The molecule has 43 heavy (non-hydrogen) atoms. The molecular weight excluding hydrogens is 590 g/mol. The Morgan fingerprint density at radius 1 is 0.953 bits per heavy atom. The number of benzene rings is 3. The quantitative estimate of drug-likeness (QED) is 0.255. The Balaban J connectivity index is 2.08. The van der Waals surface area contributed by atoms with Crippen LogP contribution in [-0.4, -0.2) is 58.5 Å². The van der Waals surface area contributed by atoms with E-state index in [-0.39, 0.29) is 34.7 Å². The normalized spacial score (nSPS) is 12.0. The third-order valence-electron chi connectivity index (χ3n) is 6.84. The van der Waals surface area contributed by atoms with Crippen LogP contribution in [0.2, 0.25) is 5.02 Å². The lowest BCUT2D eigenvalue weighted by Crippen LogP contribution is -2.52. The second-order valence-electron chi connectivity index (χ2n) is 10.6. The van der Waals surface area contributed by atoms with Gasteiger partial charge in [0.1, 0.15) is 12.6 Å². The summed E-state index contributed by atoms with van der Waals surface area (Å²) in [4.78, 5) is 28.9. The van der Waals surface area contributed by atoms with Gasteiger partial charge in [-0.05, 0) is 61.2 Å². The Hall–Kier alpha value is -3.76. The largest absolute Gasteiger partial charge is 0.493 e. The van der Waals surface area contributed by atoms with Crippen molar-refractivity contribution < 1.29 is 27.5 Å². The fourth-order valence-electron chi connectivity index (χ4n) is 4.59. The van der Waals surface area contributed by atoms with E-state index in [0.717, 1.165) is 15.4 Å². The number of hydrogen-bond acceptors (Lipinski definition) is 6. The van der Waals surface area contributed by atoms with Crippen LogP contribution in [0.5, 0.6) is 11.5 Å². The molecule has 2 amide bonds. The number of sulfonamides is 1. The molecule has 0 spiro atoms. The highest BCUT2D eigenvalue weighted by atomic mass is 35.5. The zero-order valence-corrected chi connectivity index (χ0v) is 27.0. The van der Waals surface area contributed by atoms with E-state index >= 15 is 0 Å². The van der Waals surface area contributed by atoms with Gasteiger partial charge in [0.2, 0.25) is 11.8 Å². The van der Waals surface area contributed by atoms with Gasteiger partial charge < -0.3 is 19.7 Å². The van der Waals surface area contributed by atoms with Gasteiger partial charge >= 0.3 is 0 Å². The average molecular weight is 630 g/mol. The minimum Gasteiger partial charge on any atom is -0.493 e. The van der Waals surface area contributed by atoms with Gasteiger partial charge in [-0.15, -0.1) is 0 Å². The fourth-order valence-corrected chi connectivity index (χ4v) is 6.15. The van der Waals surface area contributed by atoms with Crippen LogP contribution in [0.3, 0.4) is 0 Å². The Labute approximate surface area is 259 Å². The van der Waals surface area contributed by atoms with Crippen LogP contribution in [0.1, 0.15) is 38.3 Å². The predicted molar refractivity (Wildman–Crippen MR) is 169 cm³/mol. The van der Waals surface area contributed by atoms with Crippen molar-refractivity contribution in [3.8, 4) is 11.5 Å². The van der Waals surface area contributed by atoms with Gasteiger partial charge in [-0.25, -0.2) is 8.42 Å². The summed E-state index contributed by atoms with van der Waals surface area (Å²) in [5, 5.41) is 3.34. The molecule has 0 aliphatic rings. The molecule has 0 aromatic heterocycles. The molecule has 0 saturated heterocycles. The second-order valence-corrected chi connectivity index (χ2v) is 12.9. The van der Waals surface area contributed by atoms with Gasteiger partial charge in [-0.1, -0.05) is 62.2 Å². The number of methoxy groups -OCH3 is 2. The molecule has 3 aromatic rings. The van der Waals surface area contributed by atoms with Crippen molar-refractivity contribution in [2.75, 3.05) is 31.6 Å². The molecule has 0 bridgehead atoms. The third kappa shape index (κ3) is 8.64. The standard InChI is InChI=1S/C32H40ClN3O6S/c1-7-28(32(38)34-19-22(2)3)35(20-24-10-8-9-23(4)17-24)31(37)21-36(26-13-11-25(33)12-14-26)43(39,40)27-15-16-29(41-5)30(18-27)42-6/h8-18,22,28H,7,19-21H2,1-6H3,(H,34,38). The van der Waals surface area contributed by atoms with Gasteiger partial charge in [0.25, 0.3) is 10.0 Å². The molecule has 0 radical (unpaired) electrons. The SMILES string of the molecule is CCC(C(=O)NCC(C)C)N(Cc1cccc(C)c1)C(=O)CN(c1ccc(Cl)cc1)S(=O)(=O)c1ccc(OC)c(OC)c1. The zero-order chi connectivity index (χ0) is 31.7. The minimum atomic E-state index is -4.30. The first kappa shape index (κ1) is 33.7. The van der Waals surface area contributed by atoms with E-state index in [1.807, 2.05) is 52.0 Å². The van der Waals surface area contributed by atoms with Crippen molar-refractivity contribution in [3.63, 3.8) is 0 Å². The number of nitrogens with one attached hydrogen (secondary N) is 1. The smallest absolute Gasteiger partial charge is 0.264 e. The number of amides is 2. The first-order valence-corrected chi connectivity index (χ1v) is 15.9. The zero-order valence-electron chi connectivity index (χ0n) is 25.5. The highest BCUT2D eigenvalue weighted by Crippen LogP contribution is 2.33. The van der Waals surface area contributed by atoms with E-state index in [1.165, 1.54) is 49.5 Å². The fraction of sp³-hybridized carbons (Fsp3) is 0.375. The van der Waals surface area contributed by atoms with Gasteiger partial charge in [0, 0.05) is 24.2 Å². The summed E-state index contributed by atoms with van der Waals surface area (Å²) in [5.74, 6) is -0.0301. The van der Waals surface area contributed by atoms with Crippen LogP contribution in [0.4, 0.5) is 5.69 Å². The van der Waals surface area contributed by atoms with Crippen LogP contribution in [-0.2, 0) is 26.2 Å². The molecule has 11 heteroatoms. The second kappa shape index (κ2) is 15.1. The summed E-state index contributed by atoms with van der Waals surface area (Å²) in [6.07, 6.45) is 0.338. The number of carbonyl (C=O) groups is 2. The number of anilines is 1. The maximum absolute atomic E-state index is 14.2. The third-order valence-corrected chi connectivity index (χ3v) is 8.86. The van der Waals surface area contributed by atoms with Crippen LogP contribution in [0.15, 0.2) is 71.6 Å².